The van der Waals surface area contributed by atoms with Crippen molar-refractivity contribution in [2.45, 2.75) is 12.8 Å². The van der Waals surface area contributed by atoms with Gasteiger partial charge in [0.05, 0.1) is 9.80 Å². The second kappa shape index (κ2) is 6.36. The van der Waals surface area contributed by atoms with Crippen molar-refractivity contribution < 1.29 is 9.72 Å². The SMILES string of the molecule is CC(CNC(=O)c1cc2cc([N+](=O)[O-])ccc2s1)c1nncn1C. The predicted molar refractivity (Wildman–Crippen MR) is 90.2 cm³/mol. The molecule has 3 rings (SSSR count). The highest BCUT2D eigenvalue weighted by atomic mass is 32.1. The van der Waals surface area contributed by atoms with Crippen molar-refractivity contribution in [1.29, 1.82) is 0 Å². The Morgan fingerprint density at radius 1 is 1.46 bits per heavy atom. The van der Waals surface area contributed by atoms with E-state index in [0.29, 0.717) is 16.8 Å². The first-order valence-corrected chi connectivity index (χ1v) is 8.07. The molecular formula is C15H15N5O3S. The Hall–Kier alpha value is -2.81. The Morgan fingerprint density at radius 3 is 2.92 bits per heavy atom. The average molecular weight is 345 g/mol. The zero-order valence-electron chi connectivity index (χ0n) is 13.1. The fourth-order valence-electron chi connectivity index (χ4n) is 2.42. The summed E-state index contributed by atoms with van der Waals surface area (Å²) in [4.78, 5) is 23.2. The van der Waals surface area contributed by atoms with E-state index >= 15 is 0 Å². The molecule has 2 heterocycles. The number of aryl methyl sites for hydroxylation is 1. The molecule has 9 heteroatoms. The lowest BCUT2D eigenvalue weighted by atomic mass is 10.1. The summed E-state index contributed by atoms with van der Waals surface area (Å²) in [7, 11) is 1.85. The number of amides is 1. The third-order valence-electron chi connectivity index (χ3n) is 3.69. The number of carbonyl (C=O) groups excluding carboxylic acids is 1. The summed E-state index contributed by atoms with van der Waals surface area (Å²) >= 11 is 1.31. The number of rotatable bonds is 5. The van der Waals surface area contributed by atoms with E-state index in [-0.39, 0.29) is 17.5 Å². The van der Waals surface area contributed by atoms with Crippen molar-refractivity contribution in [2.24, 2.45) is 7.05 Å². The summed E-state index contributed by atoms with van der Waals surface area (Å²) < 4.78 is 2.65. The van der Waals surface area contributed by atoms with Crippen LogP contribution in [0.25, 0.3) is 10.1 Å². The number of nitro groups is 1. The molecular weight excluding hydrogens is 330 g/mol. The van der Waals surface area contributed by atoms with Crippen LogP contribution in [0.3, 0.4) is 0 Å². The molecule has 0 saturated heterocycles. The Balaban J connectivity index is 1.72. The maximum Gasteiger partial charge on any atom is 0.270 e. The fourth-order valence-corrected chi connectivity index (χ4v) is 3.38. The van der Waals surface area contributed by atoms with Crippen molar-refractivity contribution in [1.82, 2.24) is 20.1 Å². The smallest absolute Gasteiger partial charge is 0.270 e. The molecule has 0 aliphatic carbocycles. The standard InChI is InChI=1S/C15H15N5O3S/c1-9(14-18-17-8-19(14)2)7-16-15(21)13-6-10-5-11(20(22)23)3-4-12(10)24-13/h3-6,8-9H,7H2,1-2H3,(H,16,21). The van der Waals surface area contributed by atoms with E-state index in [2.05, 4.69) is 15.5 Å². The number of benzene rings is 1. The quantitative estimate of drug-likeness (QED) is 0.565. The minimum absolute atomic E-state index is 0.0168. The third kappa shape index (κ3) is 3.11. The van der Waals surface area contributed by atoms with Gasteiger partial charge >= 0.3 is 0 Å². The van der Waals surface area contributed by atoms with E-state index in [1.807, 2.05) is 18.5 Å². The molecule has 0 bridgehead atoms. The second-order valence-corrected chi connectivity index (χ2v) is 6.58. The Bertz CT molecular complexity index is 917. The zero-order valence-corrected chi connectivity index (χ0v) is 13.9. The molecule has 0 aliphatic rings. The minimum atomic E-state index is -0.445. The van der Waals surface area contributed by atoms with Gasteiger partial charge in [-0.15, -0.1) is 21.5 Å². The third-order valence-corrected chi connectivity index (χ3v) is 4.81. The molecule has 3 aromatic rings. The molecule has 124 valence electrons. The van der Waals surface area contributed by atoms with Crippen LogP contribution in [0.2, 0.25) is 0 Å². The fraction of sp³-hybridized carbons (Fsp3) is 0.267. The number of thiophene rings is 1. The molecule has 1 aromatic carbocycles. The summed E-state index contributed by atoms with van der Waals surface area (Å²) in [5.74, 6) is 0.618. The number of carbonyl (C=O) groups is 1. The van der Waals surface area contributed by atoms with Gasteiger partial charge in [0.15, 0.2) is 0 Å². The number of aromatic nitrogens is 3. The van der Waals surface area contributed by atoms with Crippen LogP contribution in [-0.2, 0) is 7.05 Å². The maximum absolute atomic E-state index is 12.3. The van der Waals surface area contributed by atoms with Gasteiger partial charge in [-0.25, -0.2) is 0 Å². The van der Waals surface area contributed by atoms with Crippen molar-refractivity contribution >= 4 is 33.0 Å². The lowest BCUT2D eigenvalue weighted by Gasteiger charge is -2.11. The molecule has 0 aliphatic heterocycles. The van der Waals surface area contributed by atoms with Crippen molar-refractivity contribution in [2.75, 3.05) is 6.54 Å². The Labute approximate surface area is 141 Å². The molecule has 0 radical (unpaired) electrons. The highest BCUT2D eigenvalue weighted by Gasteiger charge is 2.16. The van der Waals surface area contributed by atoms with Crippen LogP contribution in [0.15, 0.2) is 30.6 Å². The van der Waals surface area contributed by atoms with Crippen LogP contribution < -0.4 is 5.32 Å². The van der Waals surface area contributed by atoms with Gasteiger partial charge in [0, 0.05) is 41.7 Å². The van der Waals surface area contributed by atoms with E-state index in [9.17, 15) is 14.9 Å². The summed E-state index contributed by atoms with van der Waals surface area (Å²) in [5, 5.41) is 22.2. The van der Waals surface area contributed by atoms with Crippen LogP contribution in [0, 0.1) is 10.1 Å². The molecule has 24 heavy (non-hydrogen) atoms. The van der Waals surface area contributed by atoms with Gasteiger partial charge in [-0.1, -0.05) is 6.92 Å². The topological polar surface area (TPSA) is 103 Å². The number of hydrogen-bond acceptors (Lipinski definition) is 6. The summed E-state index contributed by atoms with van der Waals surface area (Å²) in [6.45, 7) is 2.39. The summed E-state index contributed by atoms with van der Waals surface area (Å²) in [6.07, 6.45) is 1.62. The average Bonchev–Trinajstić information content (AvgIpc) is 3.17. The summed E-state index contributed by atoms with van der Waals surface area (Å²) in [5.41, 5.74) is 0.0168. The molecule has 2 aromatic heterocycles. The zero-order chi connectivity index (χ0) is 17.3. The summed E-state index contributed by atoms with van der Waals surface area (Å²) in [6, 6.07) is 6.26. The van der Waals surface area contributed by atoms with E-state index in [1.165, 1.54) is 23.5 Å². The number of nitrogens with one attached hydrogen (secondary N) is 1. The molecule has 8 nitrogen and oxygen atoms in total. The highest BCUT2D eigenvalue weighted by molar-refractivity contribution is 7.20. The van der Waals surface area contributed by atoms with Crippen LogP contribution in [0.1, 0.15) is 28.3 Å². The van der Waals surface area contributed by atoms with Crippen molar-refractivity contribution in [3.05, 3.63) is 51.4 Å². The number of fused-ring (bicyclic) bond motifs is 1. The molecule has 0 fully saturated rings. The number of non-ortho nitro benzene ring substituents is 1. The van der Waals surface area contributed by atoms with Gasteiger partial charge in [-0.05, 0) is 12.1 Å². The van der Waals surface area contributed by atoms with Crippen LogP contribution >= 0.6 is 11.3 Å². The minimum Gasteiger partial charge on any atom is -0.351 e. The van der Waals surface area contributed by atoms with Gasteiger partial charge in [0.1, 0.15) is 12.2 Å². The molecule has 1 N–H and O–H groups in total. The molecule has 0 spiro atoms. The Morgan fingerprint density at radius 2 is 2.25 bits per heavy atom. The van der Waals surface area contributed by atoms with Crippen LogP contribution in [0.5, 0.6) is 0 Å². The maximum atomic E-state index is 12.3. The van der Waals surface area contributed by atoms with Crippen LogP contribution in [-0.4, -0.2) is 32.1 Å². The van der Waals surface area contributed by atoms with Gasteiger partial charge < -0.3 is 9.88 Å². The monoisotopic (exact) mass is 345 g/mol. The van der Waals surface area contributed by atoms with Crippen molar-refractivity contribution in [3.8, 4) is 0 Å². The lowest BCUT2D eigenvalue weighted by Crippen LogP contribution is -2.27. The highest BCUT2D eigenvalue weighted by Crippen LogP contribution is 2.29. The van der Waals surface area contributed by atoms with Gasteiger partial charge in [-0.2, -0.15) is 0 Å². The van der Waals surface area contributed by atoms with E-state index in [0.717, 1.165) is 10.5 Å². The van der Waals surface area contributed by atoms with Crippen LogP contribution in [0.4, 0.5) is 5.69 Å². The molecule has 1 atom stereocenters. The lowest BCUT2D eigenvalue weighted by molar-refractivity contribution is -0.384. The molecule has 1 unspecified atom stereocenters. The first kappa shape index (κ1) is 16.1. The van der Waals surface area contributed by atoms with Gasteiger partial charge in [-0.3, -0.25) is 14.9 Å². The Kier molecular flexibility index (Phi) is 4.26. The van der Waals surface area contributed by atoms with Gasteiger partial charge in [0.25, 0.3) is 11.6 Å². The first-order chi connectivity index (χ1) is 11.5. The number of nitro benzene ring substituents is 1. The molecule has 0 saturated carbocycles. The molecule has 1 amide bonds. The predicted octanol–water partition coefficient (Wildman–Crippen LogP) is 2.47. The van der Waals surface area contributed by atoms with Crippen molar-refractivity contribution in [3.63, 3.8) is 0 Å². The number of hydrogen-bond donors (Lipinski definition) is 1. The van der Waals surface area contributed by atoms with E-state index in [4.69, 9.17) is 0 Å². The normalized spacial score (nSPS) is 12.2. The van der Waals surface area contributed by atoms with E-state index < -0.39 is 4.92 Å². The second-order valence-electron chi connectivity index (χ2n) is 5.50. The van der Waals surface area contributed by atoms with E-state index in [1.54, 1.807) is 18.5 Å². The largest absolute Gasteiger partial charge is 0.351 e. The van der Waals surface area contributed by atoms with Gasteiger partial charge in [0.2, 0.25) is 0 Å². The number of nitrogens with zero attached hydrogens (tertiary/aromatic N) is 4. The first-order valence-electron chi connectivity index (χ1n) is 7.26.